The number of aromatic nitrogens is 3. The van der Waals surface area contributed by atoms with E-state index in [4.69, 9.17) is 14.7 Å². The summed E-state index contributed by atoms with van der Waals surface area (Å²) in [4.78, 5) is 34.8. The van der Waals surface area contributed by atoms with E-state index < -0.39 is 0 Å². The Balaban J connectivity index is 1.35. The van der Waals surface area contributed by atoms with Gasteiger partial charge in [0.15, 0.2) is 0 Å². The Kier molecular flexibility index (Phi) is 6.16. The Bertz CT molecular complexity index is 1020. The Labute approximate surface area is 200 Å². The highest BCUT2D eigenvalue weighted by molar-refractivity contribution is 5.73. The molecule has 1 amide bonds. The van der Waals surface area contributed by atoms with Crippen molar-refractivity contribution in [3.05, 3.63) is 24.4 Å². The number of piperidine rings is 1. The van der Waals surface area contributed by atoms with Crippen molar-refractivity contribution in [2.45, 2.75) is 19.8 Å². The van der Waals surface area contributed by atoms with E-state index in [0.29, 0.717) is 5.82 Å². The molecule has 0 radical (unpaired) electrons. The molecule has 5 rings (SSSR count). The lowest BCUT2D eigenvalue weighted by molar-refractivity contribution is -0.131. The number of piperazine rings is 1. The van der Waals surface area contributed by atoms with Crippen molar-refractivity contribution in [1.82, 2.24) is 24.8 Å². The molecule has 0 atom stereocenters. The average Bonchev–Trinajstić information content (AvgIpc) is 2.83. The van der Waals surface area contributed by atoms with E-state index in [2.05, 4.69) is 32.0 Å². The molecule has 0 bridgehead atoms. The maximum atomic E-state index is 11.7. The molecule has 3 aliphatic rings. The van der Waals surface area contributed by atoms with Crippen molar-refractivity contribution in [2.24, 2.45) is 5.41 Å². The number of nitrogens with one attached hydrogen (secondary N) is 1. The summed E-state index contributed by atoms with van der Waals surface area (Å²) >= 11 is 0. The Morgan fingerprint density at radius 1 is 1.00 bits per heavy atom. The zero-order valence-electron chi connectivity index (χ0n) is 20.3. The topological polar surface area (TPSA) is 90.0 Å². The van der Waals surface area contributed by atoms with Gasteiger partial charge >= 0.3 is 0 Å². The quantitative estimate of drug-likeness (QED) is 0.709. The number of likely N-dealkylation sites (tertiary alicyclic amines) is 1. The molecule has 0 aromatic carbocycles. The molecule has 0 saturated carbocycles. The molecule has 3 fully saturated rings. The van der Waals surface area contributed by atoms with E-state index in [9.17, 15) is 4.79 Å². The molecule has 2 aromatic heterocycles. The zero-order valence-corrected chi connectivity index (χ0v) is 20.3. The molecule has 10 nitrogen and oxygen atoms in total. The summed E-state index contributed by atoms with van der Waals surface area (Å²) in [7, 11) is 3.79. The van der Waals surface area contributed by atoms with Crippen LogP contribution in [0.25, 0.3) is 0 Å². The smallest absolute Gasteiger partial charge is 0.229 e. The van der Waals surface area contributed by atoms with Crippen LogP contribution in [0.4, 0.5) is 23.4 Å². The second kappa shape index (κ2) is 9.25. The predicted molar refractivity (Wildman–Crippen MR) is 132 cm³/mol. The zero-order chi connectivity index (χ0) is 23.7. The standard InChI is InChI=1S/C24H34N8O2/c1-18(33)30-8-5-24(6-9-30)16-32(17-24)22-15-21(26-20-14-19(34-3)4-7-25-20)27-23(28-22)31-12-10-29(2)11-13-31/h4,7,14-15H,5-6,8-13,16-17H2,1-3H3,(H,25,26,27,28). The molecule has 182 valence electrons. The largest absolute Gasteiger partial charge is 0.497 e. The molecule has 3 aliphatic heterocycles. The van der Waals surface area contributed by atoms with Crippen LogP contribution in [-0.2, 0) is 4.79 Å². The minimum Gasteiger partial charge on any atom is -0.497 e. The fourth-order valence-electron chi connectivity index (χ4n) is 5.07. The van der Waals surface area contributed by atoms with Crippen LogP contribution in [0, 0.1) is 5.41 Å². The third kappa shape index (κ3) is 4.72. The first-order valence-electron chi connectivity index (χ1n) is 12.0. The number of carbonyl (C=O) groups excluding carboxylic acids is 1. The number of ether oxygens (including phenoxy) is 1. The van der Waals surface area contributed by atoms with Crippen molar-refractivity contribution in [2.75, 3.05) is 81.6 Å². The normalized spacial score (nSPS) is 20.3. The van der Waals surface area contributed by atoms with E-state index in [0.717, 1.165) is 88.5 Å². The van der Waals surface area contributed by atoms with E-state index in [1.54, 1.807) is 20.2 Å². The molecule has 1 N–H and O–H groups in total. The van der Waals surface area contributed by atoms with Gasteiger partial charge in [-0.2, -0.15) is 9.97 Å². The van der Waals surface area contributed by atoms with Gasteiger partial charge in [-0.05, 0) is 26.0 Å². The average molecular weight is 467 g/mol. The number of hydrogen-bond donors (Lipinski definition) is 1. The maximum Gasteiger partial charge on any atom is 0.229 e. The molecule has 0 aliphatic carbocycles. The molecular weight excluding hydrogens is 432 g/mol. The van der Waals surface area contributed by atoms with Crippen LogP contribution in [0.2, 0.25) is 0 Å². The SMILES string of the molecule is COc1ccnc(Nc2cc(N3CC4(CCN(C(C)=O)CC4)C3)nc(N3CCN(C)CC3)n2)c1. The van der Waals surface area contributed by atoms with Crippen molar-refractivity contribution >= 4 is 29.3 Å². The van der Waals surface area contributed by atoms with Gasteiger partial charge in [-0.15, -0.1) is 0 Å². The Hall–Kier alpha value is -3.14. The molecule has 0 unspecified atom stereocenters. The van der Waals surface area contributed by atoms with Crippen LogP contribution in [0.1, 0.15) is 19.8 Å². The molecule has 1 spiro atoms. The first-order valence-corrected chi connectivity index (χ1v) is 12.0. The molecule has 2 aromatic rings. The number of likely N-dealkylation sites (N-methyl/N-ethyl adjacent to an activating group) is 1. The summed E-state index contributed by atoms with van der Waals surface area (Å²) < 4.78 is 5.34. The van der Waals surface area contributed by atoms with Gasteiger partial charge in [0.05, 0.1) is 7.11 Å². The van der Waals surface area contributed by atoms with Crippen molar-refractivity contribution in [3.8, 4) is 5.75 Å². The van der Waals surface area contributed by atoms with Crippen molar-refractivity contribution < 1.29 is 9.53 Å². The summed E-state index contributed by atoms with van der Waals surface area (Å²) in [5, 5.41) is 3.35. The lowest BCUT2D eigenvalue weighted by atomic mass is 9.72. The van der Waals surface area contributed by atoms with Crippen LogP contribution < -0.4 is 19.9 Å². The van der Waals surface area contributed by atoms with Gasteiger partial charge in [0.25, 0.3) is 0 Å². The van der Waals surface area contributed by atoms with Gasteiger partial charge in [-0.3, -0.25) is 4.79 Å². The van der Waals surface area contributed by atoms with Gasteiger partial charge < -0.3 is 29.7 Å². The second-order valence-electron chi connectivity index (χ2n) is 9.77. The number of anilines is 4. The molecule has 5 heterocycles. The van der Waals surface area contributed by atoms with Crippen molar-refractivity contribution in [1.29, 1.82) is 0 Å². The number of pyridine rings is 1. The maximum absolute atomic E-state index is 11.7. The number of hydrogen-bond acceptors (Lipinski definition) is 9. The highest BCUT2D eigenvalue weighted by atomic mass is 16.5. The monoisotopic (exact) mass is 466 g/mol. The van der Waals surface area contributed by atoms with E-state index in [-0.39, 0.29) is 11.3 Å². The number of amides is 1. The minimum absolute atomic E-state index is 0.181. The van der Waals surface area contributed by atoms with Gasteiger partial charge in [0.1, 0.15) is 23.2 Å². The lowest BCUT2D eigenvalue weighted by Gasteiger charge is -2.54. The first-order chi connectivity index (χ1) is 16.4. The minimum atomic E-state index is 0.181. The second-order valence-corrected chi connectivity index (χ2v) is 9.77. The molecule has 10 heteroatoms. The Morgan fingerprint density at radius 2 is 1.74 bits per heavy atom. The first kappa shape index (κ1) is 22.6. The third-order valence-electron chi connectivity index (χ3n) is 7.36. The van der Waals surface area contributed by atoms with E-state index in [1.807, 2.05) is 23.1 Å². The molecular formula is C24H34N8O2. The van der Waals surface area contributed by atoms with E-state index >= 15 is 0 Å². The fraction of sp³-hybridized carbons (Fsp3) is 0.583. The van der Waals surface area contributed by atoms with Crippen LogP contribution >= 0.6 is 0 Å². The van der Waals surface area contributed by atoms with Gasteiger partial charge in [0, 0.05) is 83.0 Å². The number of rotatable bonds is 5. The third-order valence-corrected chi connectivity index (χ3v) is 7.36. The van der Waals surface area contributed by atoms with Gasteiger partial charge in [0.2, 0.25) is 11.9 Å². The Morgan fingerprint density at radius 3 is 2.41 bits per heavy atom. The van der Waals surface area contributed by atoms with Crippen LogP contribution in [-0.4, -0.2) is 97.2 Å². The highest BCUT2D eigenvalue weighted by Gasteiger charge is 2.46. The molecule has 34 heavy (non-hydrogen) atoms. The summed E-state index contributed by atoms with van der Waals surface area (Å²) in [6.07, 6.45) is 3.83. The number of carbonyl (C=O) groups is 1. The van der Waals surface area contributed by atoms with Gasteiger partial charge in [-0.25, -0.2) is 4.98 Å². The van der Waals surface area contributed by atoms with Crippen LogP contribution in [0.3, 0.4) is 0 Å². The summed E-state index contributed by atoms with van der Waals surface area (Å²) in [6.45, 7) is 9.10. The summed E-state index contributed by atoms with van der Waals surface area (Å²) in [5.41, 5.74) is 0.285. The van der Waals surface area contributed by atoms with Gasteiger partial charge in [-0.1, -0.05) is 0 Å². The predicted octanol–water partition coefficient (Wildman–Crippen LogP) is 1.82. The van der Waals surface area contributed by atoms with Crippen molar-refractivity contribution in [3.63, 3.8) is 0 Å². The number of nitrogens with zero attached hydrogens (tertiary/aromatic N) is 7. The molecule has 3 saturated heterocycles. The van der Waals surface area contributed by atoms with E-state index in [1.165, 1.54) is 0 Å². The summed E-state index contributed by atoms with van der Waals surface area (Å²) in [5.74, 6) is 4.03. The summed E-state index contributed by atoms with van der Waals surface area (Å²) in [6, 6.07) is 5.69. The fourth-order valence-corrected chi connectivity index (χ4v) is 5.07. The highest BCUT2D eigenvalue weighted by Crippen LogP contribution is 2.42. The lowest BCUT2D eigenvalue weighted by Crippen LogP contribution is -2.61. The van der Waals surface area contributed by atoms with Crippen LogP contribution in [0.5, 0.6) is 5.75 Å². The van der Waals surface area contributed by atoms with Crippen LogP contribution in [0.15, 0.2) is 24.4 Å². The number of methoxy groups -OCH3 is 1.